The molecule has 0 aliphatic heterocycles. The molecule has 0 saturated carbocycles. The molecular weight excluding hydrogens is 262 g/mol. The van der Waals surface area contributed by atoms with E-state index in [9.17, 15) is 4.79 Å². The third-order valence-electron chi connectivity index (χ3n) is 1.98. The Balaban J connectivity index is 2.26. The van der Waals surface area contributed by atoms with Crippen LogP contribution < -0.4 is 16.6 Å². The van der Waals surface area contributed by atoms with Crippen molar-refractivity contribution in [3.63, 3.8) is 0 Å². The molecule has 0 bridgehead atoms. The van der Waals surface area contributed by atoms with Crippen molar-refractivity contribution in [2.75, 3.05) is 10.7 Å². The van der Waals surface area contributed by atoms with Crippen LogP contribution in [-0.2, 0) is 0 Å². The number of anilines is 2. The molecule has 1 aromatic heterocycles. The van der Waals surface area contributed by atoms with Gasteiger partial charge in [0.2, 0.25) is 0 Å². The van der Waals surface area contributed by atoms with E-state index in [1.807, 2.05) is 0 Å². The molecule has 0 fully saturated rings. The molecule has 88 valence electrons. The van der Waals surface area contributed by atoms with Gasteiger partial charge in [-0.1, -0.05) is 16.1 Å². The molecule has 0 spiro atoms. The lowest BCUT2D eigenvalue weighted by Crippen LogP contribution is -2.16. The lowest BCUT2D eigenvalue weighted by Gasteiger charge is -2.08. The van der Waals surface area contributed by atoms with E-state index in [2.05, 4.69) is 20.3 Å². The van der Waals surface area contributed by atoms with Crippen LogP contribution in [0.5, 0.6) is 0 Å². The van der Waals surface area contributed by atoms with Gasteiger partial charge in [-0.2, -0.15) is 0 Å². The van der Waals surface area contributed by atoms with E-state index in [1.165, 1.54) is 12.3 Å². The Morgan fingerprint density at radius 3 is 2.94 bits per heavy atom. The van der Waals surface area contributed by atoms with Crippen molar-refractivity contribution in [2.45, 2.75) is 0 Å². The minimum atomic E-state index is -0.327. The summed E-state index contributed by atoms with van der Waals surface area (Å²) in [5, 5.41) is 7.27. The first-order valence-electron chi connectivity index (χ1n) is 4.55. The Kier molecular flexibility index (Phi) is 3.52. The molecule has 0 unspecified atom stereocenters. The molecule has 0 radical (unpaired) electrons. The van der Waals surface area contributed by atoms with E-state index in [0.29, 0.717) is 21.3 Å². The van der Waals surface area contributed by atoms with Crippen LogP contribution in [0.15, 0.2) is 24.4 Å². The smallest absolute Gasteiger partial charge is 0.258 e. The van der Waals surface area contributed by atoms with Gasteiger partial charge in [0, 0.05) is 16.6 Å². The average molecular weight is 270 g/mol. The standard InChI is InChI=1S/C9H8ClN5OS/c10-5-1-2-7(14-11)6(3-5)9(16)13-8-4-12-15-17-8/h1-4,14H,11H2,(H,13,16). The minimum Gasteiger partial charge on any atom is -0.323 e. The van der Waals surface area contributed by atoms with Crippen molar-refractivity contribution < 1.29 is 4.79 Å². The lowest BCUT2D eigenvalue weighted by atomic mass is 10.1. The van der Waals surface area contributed by atoms with Gasteiger partial charge in [-0.3, -0.25) is 10.6 Å². The molecule has 0 saturated heterocycles. The number of hydrazine groups is 1. The summed E-state index contributed by atoms with van der Waals surface area (Å²) >= 11 is 6.91. The maximum Gasteiger partial charge on any atom is 0.258 e. The van der Waals surface area contributed by atoms with Crippen molar-refractivity contribution in [3.05, 3.63) is 35.0 Å². The Hall–Kier alpha value is -1.70. The van der Waals surface area contributed by atoms with E-state index in [0.717, 1.165) is 11.5 Å². The van der Waals surface area contributed by atoms with Crippen LogP contribution in [0.2, 0.25) is 5.02 Å². The third-order valence-corrected chi connectivity index (χ3v) is 2.79. The molecule has 2 aromatic rings. The molecule has 17 heavy (non-hydrogen) atoms. The van der Waals surface area contributed by atoms with Crippen LogP contribution in [-0.4, -0.2) is 15.5 Å². The van der Waals surface area contributed by atoms with E-state index < -0.39 is 0 Å². The quantitative estimate of drug-likeness (QED) is 0.583. The van der Waals surface area contributed by atoms with Crippen molar-refractivity contribution in [2.24, 2.45) is 5.84 Å². The number of carbonyl (C=O) groups is 1. The first kappa shape index (κ1) is 11.8. The fourth-order valence-corrected chi connectivity index (χ4v) is 1.82. The van der Waals surface area contributed by atoms with Crippen molar-refractivity contribution in [3.8, 4) is 0 Å². The first-order chi connectivity index (χ1) is 8.20. The van der Waals surface area contributed by atoms with Gasteiger partial charge in [-0.05, 0) is 18.2 Å². The molecule has 8 heteroatoms. The molecule has 6 nitrogen and oxygen atoms in total. The lowest BCUT2D eigenvalue weighted by molar-refractivity contribution is 0.102. The number of hydrogen-bond donors (Lipinski definition) is 3. The number of nitrogens with zero attached hydrogens (tertiary/aromatic N) is 2. The van der Waals surface area contributed by atoms with Crippen molar-refractivity contribution in [1.82, 2.24) is 9.59 Å². The highest BCUT2D eigenvalue weighted by Crippen LogP contribution is 2.21. The van der Waals surface area contributed by atoms with Crippen molar-refractivity contribution >= 4 is 39.7 Å². The summed E-state index contributed by atoms with van der Waals surface area (Å²) in [6.07, 6.45) is 1.46. The Morgan fingerprint density at radius 2 is 2.29 bits per heavy atom. The molecule has 1 amide bonds. The topological polar surface area (TPSA) is 92.9 Å². The molecule has 0 aliphatic rings. The highest BCUT2D eigenvalue weighted by molar-refractivity contribution is 7.10. The number of nitrogens with two attached hydrogens (primary N) is 1. The Morgan fingerprint density at radius 1 is 1.47 bits per heavy atom. The van der Waals surface area contributed by atoms with Crippen molar-refractivity contribution in [1.29, 1.82) is 0 Å². The summed E-state index contributed by atoms with van der Waals surface area (Å²) in [5.41, 5.74) is 3.28. The SMILES string of the molecule is NNc1ccc(Cl)cc1C(=O)Nc1cnns1. The normalized spacial score (nSPS) is 10.0. The zero-order chi connectivity index (χ0) is 12.3. The summed E-state index contributed by atoms with van der Waals surface area (Å²) < 4.78 is 3.64. The fraction of sp³-hybridized carbons (Fsp3) is 0. The van der Waals surface area contributed by atoms with Gasteiger partial charge >= 0.3 is 0 Å². The summed E-state index contributed by atoms with van der Waals surface area (Å²) in [6, 6.07) is 4.80. The zero-order valence-corrected chi connectivity index (χ0v) is 10.0. The summed E-state index contributed by atoms with van der Waals surface area (Å²) in [7, 11) is 0. The van der Waals surface area contributed by atoms with Crippen LogP contribution in [0.1, 0.15) is 10.4 Å². The number of hydrogen-bond acceptors (Lipinski definition) is 6. The summed E-state index contributed by atoms with van der Waals surface area (Å²) in [4.78, 5) is 11.9. The van der Waals surface area contributed by atoms with Gasteiger partial charge in [0.05, 0.1) is 17.4 Å². The number of nitrogens with one attached hydrogen (secondary N) is 2. The maximum absolute atomic E-state index is 11.9. The molecule has 1 aromatic carbocycles. The highest BCUT2D eigenvalue weighted by Gasteiger charge is 2.12. The largest absolute Gasteiger partial charge is 0.323 e. The van der Waals surface area contributed by atoms with E-state index in [4.69, 9.17) is 17.4 Å². The van der Waals surface area contributed by atoms with Gasteiger partial charge in [-0.25, -0.2) is 0 Å². The fourth-order valence-electron chi connectivity index (χ4n) is 1.23. The highest BCUT2D eigenvalue weighted by atomic mass is 35.5. The second kappa shape index (κ2) is 5.09. The van der Waals surface area contributed by atoms with Crippen LogP contribution in [0, 0.1) is 0 Å². The number of carbonyl (C=O) groups excluding carboxylic acids is 1. The van der Waals surface area contributed by atoms with Gasteiger partial charge in [0.25, 0.3) is 5.91 Å². The van der Waals surface area contributed by atoms with Gasteiger partial charge in [0.15, 0.2) is 0 Å². The predicted molar refractivity (Wildman–Crippen MR) is 67.1 cm³/mol. The third kappa shape index (κ3) is 2.70. The van der Waals surface area contributed by atoms with E-state index in [-0.39, 0.29) is 5.91 Å². The first-order valence-corrected chi connectivity index (χ1v) is 5.70. The van der Waals surface area contributed by atoms with Gasteiger partial charge in [0.1, 0.15) is 5.00 Å². The molecule has 4 N–H and O–H groups in total. The number of nitrogen functional groups attached to an aromatic ring is 1. The molecule has 0 atom stereocenters. The van der Waals surface area contributed by atoms with Crippen LogP contribution in [0.4, 0.5) is 10.7 Å². The number of aromatic nitrogens is 2. The van der Waals surface area contributed by atoms with E-state index >= 15 is 0 Å². The second-order valence-electron chi connectivity index (χ2n) is 3.07. The van der Waals surface area contributed by atoms with Gasteiger partial charge < -0.3 is 10.7 Å². The maximum atomic E-state index is 11.9. The van der Waals surface area contributed by atoms with Crippen LogP contribution in [0.25, 0.3) is 0 Å². The number of amides is 1. The predicted octanol–water partition coefficient (Wildman–Crippen LogP) is 1.73. The molecule has 0 aliphatic carbocycles. The number of rotatable bonds is 3. The zero-order valence-electron chi connectivity index (χ0n) is 8.48. The molecular formula is C9H8ClN5OS. The molecule has 2 rings (SSSR count). The average Bonchev–Trinajstić information content (AvgIpc) is 2.81. The number of halogens is 1. The van der Waals surface area contributed by atoms with Crippen LogP contribution >= 0.6 is 23.1 Å². The number of benzene rings is 1. The minimum absolute atomic E-state index is 0.327. The summed E-state index contributed by atoms with van der Waals surface area (Å²) in [5.74, 6) is 4.99. The van der Waals surface area contributed by atoms with Crippen LogP contribution in [0.3, 0.4) is 0 Å². The Labute approximate surface area is 106 Å². The molecule has 1 heterocycles. The summed E-state index contributed by atoms with van der Waals surface area (Å²) in [6.45, 7) is 0. The van der Waals surface area contributed by atoms with E-state index in [1.54, 1.807) is 12.1 Å². The van der Waals surface area contributed by atoms with Gasteiger partial charge in [-0.15, -0.1) is 5.10 Å². The monoisotopic (exact) mass is 269 g/mol. The second-order valence-corrected chi connectivity index (χ2v) is 4.29. The Bertz CT molecular complexity index is 530.